The number of hydrogen-bond donors (Lipinski definition) is 0. The van der Waals surface area contributed by atoms with Crippen molar-refractivity contribution in [3.63, 3.8) is 0 Å². The number of amides is 2. The van der Waals surface area contributed by atoms with E-state index in [0.29, 0.717) is 32.5 Å². The fourth-order valence-electron chi connectivity index (χ4n) is 3.10. The van der Waals surface area contributed by atoms with Crippen LogP contribution in [0.15, 0.2) is 24.3 Å². The molecule has 6 heteroatoms. The highest BCUT2D eigenvalue weighted by Gasteiger charge is 2.32. The molecule has 0 bridgehead atoms. The molecule has 0 radical (unpaired) electrons. The molecule has 0 aliphatic carbocycles. The van der Waals surface area contributed by atoms with Gasteiger partial charge in [-0.05, 0) is 25.0 Å². The van der Waals surface area contributed by atoms with Crippen LogP contribution in [0.4, 0.5) is 0 Å². The second kappa shape index (κ2) is 7.55. The van der Waals surface area contributed by atoms with Gasteiger partial charge in [0.2, 0.25) is 11.8 Å². The third-order valence-corrected chi connectivity index (χ3v) is 4.53. The Morgan fingerprint density at radius 2 is 2.08 bits per heavy atom. The van der Waals surface area contributed by atoms with E-state index >= 15 is 0 Å². The monoisotopic (exact) mass is 332 g/mol. The molecule has 2 saturated heterocycles. The molecule has 0 atom stereocenters. The average molecular weight is 332 g/mol. The first-order valence-corrected chi connectivity index (χ1v) is 8.52. The summed E-state index contributed by atoms with van der Waals surface area (Å²) in [5, 5.41) is 0. The molecule has 2 aliphatic heterocycles. The lowest BCUT2D eigenvalue weighted by Gasteiger charge is -2.39. The first-order chi connectivity index (χ1) is 11.7. The lowest BCUT2D eigenvalue weighted by atomic mass is 10.1. The highest BCUT2D eigenvalue weighted by atomic mass is 16.5. The van der Waals surface area contributed by atoms with Crippen LogP contribution in [-0.2, 0) is 9.59 Å². The van der Waals surface area contributed by atoms with E-state index in [1.54, 1.807) is 7.11 Å². The Balaban J connectivity index is 1.35. The smallest absolute Gasteiger partial charge is 0.222 e. The van der Waals surface area contributed by atoms with Gasteiger partial charge in [0, 0.05) is 32.0 Å². The molecule has 0 N–H and O–H groups in total. The number of benzene rings is 1. The summed E-state index contributed by atoms with van der Waals surface area (Å²) >= 11 is 0. The van der Waals surface area contributed by atoms with E-state index in [1.807, 2.05) is 34.1 Å². The second-order valence-electron chi connectivity index (χ2n) is 6.31. The van der Waals surface area contributed by atoms with Crippen molar-refractivity contribution < 1.29 is 19.1 Å². The van der Waals surface area contributed by atoms with Crippen molar-refractivity contribution in [1.29, 1.82) is 0 Å². The summed E-state index contributed by atoms with van der Waals surface area (Å²) in [5.74, 6) is 1.89. The minimum Gasteiger partial charge on any atom is -0.497 e. The quantitative estimate of drug-likeness (QED) is 0.762. The Bertz CT molecular complexity index is 598. The van der Waals surface area contributed by atoms with E-state index in [-0.39, 0.29) is 17.9 Å². The second-order valence-corrected chi connectivity index (χ2v) is 6.31. The van der Waals surface area contributed by atoms with Crippen molar-refractivity contribution in [2.75, 3.05) is 33.3 Å². The van der Waals surface area contributed by atoms with Crippen molar-refractivity contribution in [2.45, 2.75) is 31.8 Å². The van der Waals surface area contributed by atoms with Crippen molar-refractivity contribution in [3.8, 4) is 11.5 Å². The van der Waals surface area contributed by atoms with Crippen molar-refractivity contribution >= 4 is 11.8 Å². The zero-order valence-electron chi connectivity index (χ0n) is 14.1. The van der Waals surface area contributed by atoms with Crippen LogP contribution >= 0.6 is 0 Å². The summed E-state index contributed by atoms with van der Waals surface area (Å²) < 4.78 is 11.0. The van der Waals surface area contributed by atoms with Crippen molar-refractivity contribution in [3.05, 3.63) is 24.3 Å². The van der Waals surface area contributed by atoms with Gasteiger partial charge in [-0.15, -0.1) is 0 Å². The molecule has 2 amide bonds. The summed E-state index contributed by atoms with van der Waals surface area (Å²) in [6, 6.07) is 7.49. The van der Waals surface area contributed by atoms with Gasteiger partial charge in [-0.1, -0.05) is 6.07 Å². The van der Waals surface area contributed by atoms with Crippen LogP contribution in [-0.4, -0.2) is 61.0 Å². The van der Waals surface area contributed by atoms with Crippen LogP contribution in [0.3, 0.4) is 0 Å². The van der Waals surface area contributed by atoms with Crippen LogP contribution in [0.5, 0.6) is 11.5 Å². The molecule has 2 heterocycles. The highest BCUT2D eigenvalue weighted by molar-refractivity contribution is 5.78. The number of carbonyl (C=O) groups excluding carboxylic acids is 2. The van der Waals surface area contributed by atoms with E-state index in [2.05, 4.69) is 0 Å². The maximum atomic E-state index is 12.1. The molecule has 24 heavy (non-hydrogen) atoms. The first-order valence-electron chi connectivity index (χ1n) is 8.52. The molecule has 2 fully saturated rings. The number of methoxy groups -OCH3 is 1. The van der Waals surface area contributed by atoms with E-state index in [4.69, 9.17) is 9.47 Å². The fourth-order valence-corrected chi connectivity index (χ4v) is 3.10. The van der Waals surface area contributed by atoms with E-state index in [9.17, 15) is 9.59 Å². The van der Waals surface area contributed by atoms with Crippen molar-refractivity contribution in [2.24, 2.45) is 0 Å². The lowest BCUT2D eigenvalue weighted by Crippen LogP contribution is -2.56. The van der Waals surface area contributed by atoms with Gasteiger partial charge in [-0.2, -0.15) is 0 Å². The van der Waals surface area contributed by atoms with Crippen LogP contribution in [0.2, 0.25) is 0 Å². The minimum atomic E-state index is 0.0428. The summed E-state index contributed by atoms with van der Waals surface area (Å²) in [4.78, 5) is 27.3. The fraction of sp³-hybridized carbons (Fsp3) is 0.556. The lowest BCUT2D eigenvalue weighted by molar-refractivity contribution is -0.140. The topological polar surface area (TPSA) is 59.1 Å². The maximum absolute atomic E-state index is 12.1. The molecule has 3 rings (SSSR count). The summed E-state index contributed by atoms with van der Waals surface area (Å²) in [6.07, 6.45) is 2.88. The number of hydrogen-bond acceptors (Lipinski definition) is 4. The molecule has 1 aromatic carbocycles. The molecule has 0 spiro atoms. The third kappa shape index (κ3) is 3.99. The van der Waals surface area contributed by atoms with E-state index < -0.39 is 0 Å². The predicted molar refractivity (Wildman–Crippen MR) is 89.0 cm³/mol. The molecular formula is C18H24N2O4. The van der Waals surface area contributed by atoms with Crippen LogP contribution in [0, 0.1) is 0 Å². The normalized spacial score (nSPS) is 17.8. The minimum absolute atomic E-state index is 0.0428. The van der Waals surface area contributed by atoms with Gasteiger partial charge in [-0.25, -0.2) is 0 Å². The van der Waals surface area contributed by atoms with Gasteiger partial charge in [0.25, 0.3) is 0 Å². The molecule has 0 aromatic heterocycles. The van der Waals surface area contributed by atoms with Gasteiger partial charge in [0.15, 0.2) is 0 Å². The number of ether oxygens (including phenoxy) is 2. The number of carbonyl (C=O) groups is 2. The van der Waals surface area contributed by atoms with Crippen LogP contribution < -0.4 is 9.47 Å². The molecule has 1 aromatic rings. The van der Waals surface area contributed by atoms with Gasteiger partial charge in [0.05, 0.1) is 20.2 Å². The summed E-state index contributed by atoms with van der Waals surface area (Å²) in [5.41, 5.74) is 0. The van der Waals surface area contributed by atoms with E-state index in [0.717, 1.165) is 30.9 Å². The average Bonchev–Trinajstić information content (AvgIpc) is 2.96. The zero-order valence-corrected chi connectivity index (χ0v) is 14.1. The highest BCUT2D eigenvalue weighted by Crippen LogP contribution is 2.23. The Labute approximate surface area is 142 Å². The van der Waals surface area contributed by atoms with Gasteiger partial charge < -0.3 is 19.3 Å². The molecule has 6 nitrogen and oxygen atoms in total. The number of likely N-dealkylation sites (tertiary alicyclic amines) is 2. The van der Waals surface area contributed by atoms with Crippen LogP contribution in [0.1, 0.15) is 25.7 Å². The SMILES string of the molecule is COc1cccc(OC2CN(C(=O)CCCN3CCCC3=O)C2)c1. The molecule has 0 saturated carbocycles. The van der Waals surface area contributed by atoms with Gasteiger partial charge >= 0.3 is 0 Å². The third-order valence-electron chi connectivity index (χ3n) is 4.53. The predicted octanol–water partition coefficient (Wildman–Crippen LogP) is 1.69. The molecule has 0 unspecified atom stereocenters. The van der Waals surface area contributed by atoms with Gasteiger partial charge in [0.1, 0.15) is 17.6 Å². The molecular weight excluding hydrogens is 308 g/mol. The maximum Gasteiger partial charge on any atom is 0.222 e. The first kappa shape index (κ1) is 16.6. The Morgan fingerprint density at radius 3 is 2.79 bits per heavy atom. The molecule has 130 valence electrons. The Hall–Kier alpha value is -2.24. The van der Waals surface area contributed by atoms with Crippen molar-refractivity contribution in [1.82, 2.24) is 9.80 Å². The van der Waals surface area contributed by atoms with Crippen LogP contribution in [0.25, 0.3) is 0 Å². The summed E-state index contributed by atoms with van der Waals surface area (Å²) in [7, 11) is 1.62. The van der Waals surface area contributed by atoms with E-state index in [1.165, 1.54) is 0 Å². The molecule has 2 aliphatic rings. The largest absolute Gasteiger partial charge is 0.497 e. The zero-order chi connectivity index (χ0) is 16.9. The standard InChI is InChI=1S/C18H24N2O4/c1-23-14-5-2-6-15(11-14)24-16-12-20(13-16)18(22)8-4-10-19-9-3-7-17(19)21/h2,5-6,11,16H,3-4,7-10,12-13H2,1H3. The Morgan fingerprint density at radius 1 is 1.29 bits per heavy atom. The number of rotatable bonds is 7. The Kier molecular flexibility index (Phi) is 5.23. The number of nitrogens with zero attached hydrogens (tertiary/aromatic N) is 2. The van der Waals surface area contributed by atoms with Gasteiger partial charge in [-0.3, -0.25) is 9.59 Å². The summed E-state index contributed by atoms with van der Waals surface area (Å²) in [6.45, 7) is 2.78.